The zero-order chi connectivity index (χ0) is 23.7. The van der Waals surface area contributed by atoms with E-state index >= 15 is 0 Å². The summed E-state index contributed by atoms with van der Waals surface area (Å²) in [4.78, 5) is 16.7. The summed E-state index contributed by atoms with van der Waals surface area (Å²) in [5, 5.41) is 3.44. The van der Waals surface area contributed by atoms with E-state index in [2.05, 4.69) is 10.3 Å². The molecule has 0 saturated carbocycles. The summed E-state index contributed by atoms with van der Waals surface area (Å²) in [6.07, 6.45) is 2.96. The first-order valence-corrected chi connectivity index (χ1v) is 10.8. The number of aromatic nitrogens is 1. The molecular weight excluding hydrogens is 455 g/mol. The van der Waals surface area contributed by atoms with E-state index in [4.69, 9.17) is 20.4 Å². The average molecular weight is 473 g/mol. The van der Waals surface area contributed by atoms with Crippen molar-refractivity contribution in [2.75, 3.05) is 5.32 Å². The Morgan fingerprint density at radius 3 is 2.71 bits per heavy atom. The highest BCUT2D eigenvalue weighted by Crippen LogP contribution is 2.29. The van der Waals surface area contributed by atoms with Crippen molar-refractivity contribution in [1.29, 1.82) is 0 Å². The Labute approximate surface area is 199 Å². The number of carbonyl (C=O) groups excluding carboxylic acids is 1. The van der Waals surface area contributed by atoms with Crippen molar-refractivity contribution in [1.82, 2.24) is 4.98 Å². The normalized spacial score (nSPS) is 11.4. The SMILES string of the molecule is Cc1ccc(-c2ccc(/C=C/C(=O)Nc3ccc4oc(-c5ccccc5F)nc4c3)o2)cc1Cl. The second kappa shape index (κ2) is 9.00. The third kappa shape index (κ3) is 4.49. The van der Waals surface area contributed by atoms with Gasteiger partial charge in [0.2, 0.25) is 11.8 Å². The van der Waals surface area contributed by atoms with Crippen LogP contribution in [0, 0.1) is 12.7 Å². The van der Waals surface area contributed by atoms with Gasteiger partial charge in [-0.1, -0.05) is 35.9 Å². The molecule has 1 amide bonds. The molecule has 0 fully saturated rings. The number of fused-ring (bicyclic) bond motifs is 1. The summed E-state index contributed by atoms with van der Waals surface area (Å²) in [5.41, 5.74) is 3.65. The molecule has 0 unspecified atom stereocenters. The Kier molecular flexibility index (Phi) is 5.74. The van der Waals surface area contributed by atoms with Crippen LogP contribution in [0.3, 0.4) is 0 Å². The van der Waals surface area contributed by atoms with Crippen molar-refractivity contribution in [3.8, 4) is 22.8 Å². The minimum absolute atomic E-state index is 0.181. The summed E-state index contributed by atoms with van der Waals surface area (Å²) in [6.45, 7) is 1.93. The predicted molar refractivity (Wildman–Crippen MR) is 131 cm³/mol. The molecule has 7 heteroatoms. The Balaban J connectivity index is 1.29. The lowest BCUT2D eigenvalue weighted by atomic mass is 10.1. The van der Waals surface area contributed by atoms with Crippen LogP contribution >= 0.6 is 11.6 Å². The second-order valence-electron chi connectivity index (χ2n) is 7.67. The largest absolute Gasteiger partial charge is 0.457 e. The molecule has 5 nitrogen and oxygen atoms in total. The van der Waals surface area contributed by atoms with Crippen LogP contribution in [0.2, 0.25) is 5.02 Å². The molecule has 2 heterocycles. The molecule has 0 atom stereocenters. The van der Waals surface area contributed by atoms with Crippen LogP contribution in [-0.2, 0) is 4.79 Å². The summed E-state index contributed by atoms with van der Waals surface area (Å²) >= 11 is 6.19. The van der Waals surface area contributed by atoms with Crippen LogP contribution in [0.1, 0.15) is 11.3 Å². The lowest BCUT2D eigenvalue weighted by Crippen LogP contribution is -2.07. The predicted octanol–water partition coefficient (Wildman–Crippen LogP) is 7.51. The van der Waals surface area contributed by atoms with Crippen LogP contribution < -0.4 is 5.32 Å². The number of aryl methyl sites for hydroxylation is 1. The van der Waals surface area contributed by atoms with Gasteiger partial charge in [-0.3, -0.25) is 4.79 Å². The molecule has 2 aromatic heterocycles. The van der Waals surface area contributed by atoms with E-state index in [0.717, 1.165) is 11.1 Å². The van der Waals surface area contributed by atoms with Gasteiger partial charge in [-0.25, -0.2) is 9.37 Å². The summed E-state index contributed by atoms with van der Waals surface area (Å²) in [6, 6.07) is 20.6. The van der Waals surface area contributed by atoms with E-state index in [1.807, 2.05) is 31.2 Å². The van der Waals surface area contributed by atoms with E-state index in [-0.39, 0.29) is 17.4 Å². The van der Waals surface area contributed by atoms with Crippen molar-refractivity contribution >= 4 is 40.4 Å². The molecule has 1 N–H and O–H groups in total. The molecule has 0 aliphatic carbocycles. The van der Waals surface area contributed by atoms with E-state index in [9.17, 15) is 9.18 Å². The van der Waals surface area contributed by atoms with Crippen LogP contribution in [0.25, 0.3) is 40.0 Å². The number of halogens is 2. The number of amides is 1. The van der Waals surface area contributed by atoms with Gasteiger partial charge < -0.3 is 14.2 Å². The number of nitrogens with one attached hydrogen (secondary N) is 1. The number of hydrogen-bond donors (Lipinski definition) is 1. The molecule has 5 rings (SSSR count). The van der Waals surface area contributed by atoms with E-state index in [0.29, 0.717) is 33.3 Å². The molecule has 0 saturated heterocycles. The summed E-state index contributed by atoms with van der Waals surface area (Å²) in [7, 11) is 0. The standard InChI is InChI=1S/C27H18ClFN2O3/c1-16-6-7-17(14-21(16)28)24-12-9-19(33-24)10-13-26(32)30-18-8-11-25-23(15-18)31-27(34-25)20-4-2-3-5-22(20)29/h2-15H,1H3,(H,30,32)/b13-10+. The highest BCUT2D eigenvalue weighted by atomic mass is 35.5. The lowest BCUT2D eigenvalue weighted by molar-refractivity contribution is -0.111. The summed E-state index contributed by atoms with van der Waals surface area (Å²) < 4.78 is 25.5. The first-order chi connectivity index (χ1) is 16.5. The van der Waals surface area contributed by atoms with E-state index in [1.54, 1.807) is 48.5 Å². The molecule has 34 heavy (non-hydrogen) atoms. The monoisotopic (exact) mass is 472 g/mol. The number of oxazole rings is 1. The molecule has 0 bridgehead atoms. The Hall–Kier alpha value is -4.16. The maximum Gasteiger partial charge on any atom is 0.248 e. The van der Waals surface area contributed by atoms with Crippen LogP contribution in [0.5, 0.6) is 0 Å². The highest BCUT2D eigenvalue weighted by molar-refractivity contribution is 6.31. The second-order valence-corrected chi connectivity index (χ2v) is 8.08. The van der Waals surface area contributed by atoms with Crippen LogP contribution in [0.4, 0.5) is 10.1 Å². The number of carbonyl (C=O) groups is 1. The highest BCUT2D eigenvalue weighted by Gasteiger charge is 2.13. The number of anilines is 1. The van der Waals surface area contributed by atoms with E-state index < -0.39 is 5.82 Å². The fourth-order valence-corrected chi connectivity index (χ4v) is 3.62. The smallest absolute Gasteiger partial charge is 0.248 e. The van der Waals surface area contributed by atoms with E-state index in [1.165, 1.54) is 12.1 Å². The van der Waals surface area contributed by atoms with Gasteiger partial charge in [0.15, 0.2) is 5.58 Å². The molecule has 168 valence electrons. The Bertz CT molecular complexity index is 1550. The number of benzene rings is 3. The first-order valence-electron chi connectivity index (χ1n) is 10.5. The van der Waals surface area contributed by atoms with Gasteiger partial charge in [-0.05, 0) is 67.1 Å². The molecule has 0 aliphatic rings. The van der Waals surface area contributed by atoms with Crippen molar-refractivity contribution in [3.05, 3.63) is 101 Å². The number of hydrogen-bond acceptors (Lipinski definition) is 4. The maximum atomic E-state index is 14.0. The molecule has 0 radical (unpaired) electrons. The van der Waals surface area contributed by atoms with Crippen molar-refractivity contribution in [2.45, 2.75) is 6.92 Å². The fourth-order valence-electron chi connectivity index (χ4n) is 3.44. The minimum Gasteiger partial charge on any atom is -0.457 e. The van der Waals surface area contributed by atoms with Gasteiger partial charge in [-0.2, -0.15) is 0 Å². The Morgan fingerprint density at radius 2 is 1.88 bits per heavy atom. The quantitative estimate of drug-likeness (QED) is 0.269. The topological polar surface area (TPSA) is 68.3 Å². The molecular formula is C27H18ClFN2O3. The van der Waals surface area contributed by atoms with Gasteiger partial charge in [0.1, 0.15) is 22.9 Å². The van der Waals surface area contributed by atoms with Gasteiger partial charge in [0.25, 0.3) is 0 Å². The lowest BCUT2D eigenvalue weighted by Gasteiger charge is -2.01. The fraction of sp³-hybridized carbons (Fsp3) is 0.0370. The molecule has 3 aromatic carbocycles. The number of nitrogens with zero attached hydrogens (tertiary/aromatic N) is 1. The van der Waals surface area contributed by atoms with Gasteiger partial charge in [0, 0.05) is 22.3 Å². The molecule has 0 aliphatic heterocycles. The van der Waals surface area contributed by atoms with Crippen LogP contribution in [-0.4, -0.2) is 10.9 Å². The third-order valence-corrected chi connectivity index (χ3v) is 5.65. The maximum absolute atomic E-state index is 14.0. The Morgan fingerprint density at radius 1 is 1.03 bits per heavy atom. The van der Waals surface area contributed by atoms with Gasteiger partial charge >= 0.3 is 0 Å². The van der Waals surface area contributed by atoms with Crippen molar-refractivity contribution in [2.24, 2.45) is 0 Å². The third-order valence-electron chi connectivity index (χ3n) is 5.24. The van der Waals surface area contributed by atoms with Crippen molar-refractivity contribution in [3.63, 3.8) is 0 Å². The molecule has 5 aromatic rings. The van der Waals surface area contributed by atoms with Gasteiger partial charge in [-0.15, -0.1) is 0 Å². The number of furan rings is 1. The van der Waals surface area contributed by atoms with Crippen molar-refractivity contribution < 1.29 is 18.0 Å². The van der Waals surface area contributed by atoms with Crippen LogP contribution in [0.15, 0.2) is 87.7 Å². The molecule has 0 spiro atoms. The number of rotatable bonds is 5. The zero-order valence-corrected chi connectivity index (χ0v) is 18.8. The zero-order valence-electron chi connectivity index (χ0n) is 18.0. The summed E-state index contributed by atoms with van der Waals surface area (Å²) in [5.74, 6) is 0.611. The average Bonchev–Trinajstić information content (AvgIpc) is 3.47. The van der Waals surface area contributed by atoms with Gasteiger partial charge in [0.05, 0.1) is 5.56 Å². The first kappa shape index (κ1) is 21.7. The minimum atomic E-state index is -0.417.